The second-order valence-corrected chi connectivity index (χ2v) is 6.27. The molecular weight excluding hydrogens is 230 g/mol. The summed E-state index contributed by atoms with van der Waals surface area (Å²) in [6.45, 7) is 8.54. The summed E-state index contributed by atoms with van der Waals surface area (Å²) in [6, 6.07) is -0.0268. The van der Waals surface area contributed by atoms with E-state index in [1.807, 2.05) is 25.7 Å². The lowest BCUT2D eigenvalue weighted by molar-refractivity contribution is -0.133. The van der Waals surface area contributed by atoms with Crippen LogP contribution in [0, 0.1) is 5.92 Å². The summed E-state index contributed by atoms with van der Waals surface area (Å²) < 4.78 is 0. The molecule has 5 heteroatoms. The second kappa shape index (κ2) is 4.78. The van der Waals surface area contributed by atoms with Gasteiger partial charge >= 0.3 is 6.03 Å². The van der Waals surface area contributed by atoms with Crippen LogP contribution in [0.15, 0.2) is 0 Å². The van der Waals surface area contributed by atoms with Crippen molar-refractivity contribution >= 4 is 11.9 Å². The Morgan fingerprint density at radius 3 is 1.94 bits per heavy atom. The third kappa shape index (κ3) is 3.37. The van der Waals surface area contributed by atoms with Crippen LogP contribution in [0.4, 0.5) is 4.79 Å². The third-order valence-corrected chi connectivity index (χ3v) is 3.29. The van der Waals surface area contributed by atoms with E-state index in [2.05, 4.69) is 5.32 Å². The van der Waals surface area contributed by atoms with E-state index >= 15 is 0 Å². The fraction of sp³-hybridized carbons (Fsp3) is 0.846. The van der Waals surface area contributed by atoms with E-state index in [4.69, 9.17) is 0 Å². The van der Waals surface area contributed by atoms with Crippen molar-refractivity contribution < 1.29 is 9.59 Å². The normalized spacial score (nSPS) is 20.8. The van der Waals surface area contributed by atoms with Crippen LogP contribution < -0.4 is 5.32 Å². The quantitative estimate of drug-likeness (QED) is 0.759. The first kappa shape index (κ1) is 13.2. The van der Waals surface area contributed by atoms with E-state index in [9.17, 15) is 9.59 Å². The van der Waals surface area contributed by atoms with E-state index in [0.29, 0.717) is 26.2 Å². The molecule has 102 valence electrons. The molecule has 2 aliphatic rings. The fourth-order valence-electron chi connectivity index (χ4n) is 2.12. The standard InChI is InChI=1S/C13H23N3O2/c1-13(2,3)14-12(18)16-8-6-15(7-9-16)11(17)10-4-5-10/h10H,4-9H2,1-3H3,(H,14,18). The zero-order valence-corrected chi connectivity index (χ0v) is 11.5. The number of carbonyl (C=O) groups excluding carboxylic acids is 2. The smallest absolute Gasteiger partial charge is 0.317 e. The predicted molar refractivity (Wildman–Crippen MR) is 69.2 cm³/mol. The molecule has 5 nitrogen and oxygen atoms in total. The molecule has 0 spiro atoms. The Bertz CT molecular complexity index is 337. The molecule has 0 atom stereocenters. The molecule has 1 aliphatic heterocycles. The van der Waals surface area contributed by atoms with Crippen molar-refractivity contribution in [1.82, 2.24) is 15.1 Å². The minimum absolute atomic E-state index is 0.0268. The lowest BCUT2D eigenvalue weighted by Crippen LogP contribution is -2.56. The van der Waals surface area contributed by atoms with E-state index < -0.39 is 0 Å². The molecule has 0 aromatic heterocycles. The average molecular weight is 253 g/mol. The molecule has 1 saturated heterocycles. The predicted octanol–water partition coefficient (Wildman–Crippen LogP) is 1.05. The Hall–Kier alpha value is -1.26. The number of nitrogens with zero attached hydrogens (tertiary/aromatic N) is 2. The van der Waals surface area contributed by atoms with E-state index in [0.717, 1.165) is 12.8 Å². The van der Waals surface area contributed by atoms with Crippen LogP contribution in [0.1, 0.15) is 33.6 Å². The van der Waals surface area contributed by atoms with E-state index in [1.165, 1.54) is 0 Å². The molecule has 1 N–H and O–H groups in total. The maximum atomic E-state index is 11.9. The number of hydrogen-bond acceptors (Lipinski definition) is 2. The molecule has 0 bridgehead atoms. The highest BCUT2D eigenvalue weighted by Gasteiger charge is 2.35. The molecule has 1 saturated carbocycles. The van der Waals surface area contributed by atoms with Crippen LogP contribution in [0.5, 0.6) is 0 Å². The minimum Gasteiger partial charge on any atom is -0.339 e. The van der Waals surface area contributed by atoms with Crippen LogP contribution in [-0.2, 0) is 4.79 Å². The molecule has 1 aliphatic carbocycles. The maximum absolute atomic E-state index is 11.9. The second-order valence-electron chi connectivity index (χ2n) is 6.27. The van der Waals surface area contributed by atoms with Crippen LogP contribution in [0.25, 0.3) is 0 Å². The van der Waals surface area contributed by atoms with Gasteiger partial charge in [-0.3, -0.25) is 4.79 Å². The molecule has 0 aromatic carbocycles. The minimum atomic E-state index is -0.210. The van der Waals surface area contributed by atoms with Crippen molar-refractivity contribution in [2.45, 2.75) is 39.2 Å². The topological polar surface area (TPSA) is 52.7 Å². The molecule has 0 radical (unpaired) electrons. The molecule has 3 amide bonds. The van der Waals surface area contributed by atoms with Gasteiger partial charge in [-0.1, -0.05) is 0 Å². The summed E-state index contributed by atoms with van der Waals surface area (Å²) in [5.41, 5.74) is -0.210. The number of nitrogens with one attached hydrogen (secondary N) is 1. The number of piperazine rings is 1. The largest absolute Gasteiger partial charge is 0.339 e. The lowest BCUT2D eigenvalue weighted by atomic mass is 10.1. The van der Waals surface area contributed by atoms with Gasteiger partial charge in [0.1, 0.15) is 0 Å². The van der Waals surface area contributed by atoms with E-state index in [1.54, 1.807) is 4.90 Å². The van der Waals surface area contributed by atoms with Gasteiger partial charge in [0.15, 0.2) is 0 Å². The Labute approximate surface area is 108 Å². The van der Waals surface area contributed by atoms with Crippen molar-refractivity contribution in [1.29, 1.82) is 0 Å². The first-order chi connectivity index (χ1) is 8.37. The number of urea groups is 1. The summed E-state index contributed by atoms with van der Waals surface area (Å²) >= 11 is 0. The highest BCUT2D eigenvalue weighted by atomic mass is 16.2. The molecule has 18 heavy (non-hydrogen) atoms. The van der Waals surface area contributed by atoms with Gasteiger partial charge in [0.05, 0.1) is 0 Å². The first-order valence-electron chi connectivity index (χ1n) is 6.73. The Kier molecular flexibility index (Phi) is 3.50. The van der Waals surface area contributed by atoms with Gasteiger partial charge in [0.25, 0.3) is 0 Å². The van der Waals surface area contributed by atoms with Gasteiger partial charge < -0.3 is 15.1 Å². The zero-order chi connectivity index (χ0) is 13.3. The van der Waals surface area contributed by atoms with Crippen LogP contribution in [0.2, 0.25) is 0 Å². The number of rotatable bonds is 1. The molecule has 0 aromatic rings. The maximum Gasteiger partial charge on any atom is 0.317 e. The number of amides is 3. The highest BCUT2D eigenvalue weighted by molar-refractivity contribution is 5.81. The van der Waals surface area contributed by atoms with Crippen LogP contribution in [0.3, 0.4) is 0 Å². The molecule has 2 fully saturated rings. The zero-order valence-electron chi connectivity index (χ0n) is 11.5. The van der Waals surface area contributed by atoms with Gasteiger partial charge in [-0.25, -0.2) is 4.79 Å². The van der Waals surface area contributed by atoms with Crippen molar-refractivity contribution in [2.24, 2.45) is 5.92 Å². The van der Waals surface area contributed by atoms with Gasteiger partial charge in [-0.2, -0.15) is 0 Å². The highest BCUT2D eigenvalue weighted by Crippen LogP contribution is 2.31. The summed E-state index contributed by atoms with van der Waals surface area (Å²) in [4.78, 5) is 27.5. The molecular formula is C13H23N3O2. The first-order valence-corrected chi connectivity index (χ1v) is 6.73. The fourth-order valence-corrected chi connectivity index (χ4v) is 2.12. The number of carbonyl (C=O) groups is 2. The monoisotopic (exact) mass is 253 g/mol. The van der Waals surface area contributed by atoms with Gasteiger partial charge in [0.2, 0.25) is 5.91 Å². The Morgan fingerprint density at radius 1 is 1.00 bits per heavy atom. The van der Waals surface area contributed by atoms with Crippen molar-refractivity contribution in [3.05, 3.63) is 0 Å². The summed E-state index contributed by atoms with van der Waals surface area (Å²) in [7, 11) is 0. The Morgan fingerprint density at radius 2 is 1.50 bits per heavy atom. The Balaban J connectivity index is 1.79. The summed E-state index contributed by atoms with van der Waals surface area (Å²) in [6.07, 6.45) is 2.09. The van der Waals surface area contributed by atoms with Crippen molar-refractivity contribution in [3.63, 3.8) is 0 Å². The lowest BCUT2D eigenvalue weighted by Gasteiger charge is -2.36. The summed E-state index contributed by atoms with van der Waals surface area (Å²) in [5.74, 6) is 0.561. The average Bonchev–Trinajstić information content (AvgIpc) is 3.10. The van der Waals surface area contributed by atoms with Crippen molar-refractivity contribution in [3.8, 4) is 0 Å². The molecule has 2 rings (SSSR count). The van der Waals surface area contributed by atoms with Gasteiger partial charge in [0, 0.05) is 37.6 Å². The van der Waals surface area contributed by atoms with Crippen LogP contribution in [-0.4, -0.2) is 53.5 Å². The van der Waals surface area contributed by atoms with Crippen molar-refractivity contribution in [2.75, 3.05) is 26.2 Å². The molecule has 1 heterocycles. The SMILES string of the molecule is CC(C)(C)NC(=O)N1CCN(C(=O)C2CC2)CC1. The van der Waals surface area contributed by atoms with E-state index in [-0.39, 0.29) is 23.4 Å². The van der Waals surface area contributed by atoms with Crippen LogP contribution >= 0.6 is 0 Å². The summed E-state index contributed by atoms with van der Waals surface area (Å²) in [5, 5.41) is 2.95. The molecule has 0 unspecified atom stereocenters. The van der Waals surface area contributed by atoms with Gasteiger partial charge in [-0.15, -0.1) is 0 Å². The third-order valence-electron chi connectivity index (χ3n) is 3.29. The number of hydrogen-bond donors (Lipinski definition) is 1. The van der Waals surface area contributed by atoms with Gasteiger partial charge in [-0.05, 0) is 33.6 Å².